The smallest absolute Gasteiger partial charge is 0.318 e. The van der Waals surface area contributed by atoms with Crippen LogP contribution >= 0.6 is 12.0 Å². The molecule has 9 heteroatoms. The van der Waals surface area contributed by atoms with E-state index in [9.17, 15) is 24.6 Å². The van der Waals surface area contributed by atoms with Gasteiger partial charge in [0.2, 0.25) is 11.8 Å². The van der Waals surface area contributed by atoms with E-state index in [0.717, 1.165) is 44.1 Å². The molecule has 1 atom stereocenters. The summed E-state index contributed by atoms with van der Waals surface area (Å²) in [4.78, 5) is 35.4. The molecule has 0 fully saturated rings. The second-order valence-corrected chi connectivity index (χ2v) is 10.4. The molecule has 0 saturated carbocycles. The fourth-order valence-electron chi connectivity index (χ4n) is 2.88. The first-order valence-electron chi connectivity index (χ1n) is 14.9. The molecular formula is C33H54N2O6S. The van der Waals surface area contributed by atoms with Gasteiger partial charge in [0.25, 0.3) is 0 Å². The van der Waals surface area contributed by atoms with Crippen molar-refractivity contribution in [2.45, 2.75) is 92.1 Å². The van der Waals surface area contributed by atoms with E-state index in [1.165, 1.54) is 0 Å². The molecule has 8 nitrogen and oxygen atoms in total. The summed E-state index contributed by atoms with van der Waals surface area (Å²) in [5.74, 6) is -0.839. The Bertz CT molecular complexity index is 902. The molecule has 0 radical (unpaired) electrons. The van der Waals surface area contributed by atoms with Gasteiger partial charge in [0.15, 0.2) is 0 Å². The number of amides is 2. The average Bonchev–Trinajstić information content (AvgIpc) is 2.99. The lowest BCUT2D eigenvalue weighted by Crippen LogP contribution is -2.46. The van der Waals surface area contributed by atoms with Crippen LogP contribution in [0.5, 0.6) is 0 Å². The minimum absolute atomic E-state index is 0.0462. The molecule has 0 aromatic heterocycles. The molecule has 0 unspecified atom stereocenters. The first kappa shape index (κ1) is 41.3. The first-order valence-corrected chi connectivity index (χ1v) is 15.8. The molecule has 42 heavy (non-hydrogen) atoms. The SMILES string of the molecule is CC.CC/C=C\C/C=C\C/C=C\C/C=C\CC=C=CCCC(=O)OSCCNC(=O)CCNC(=O)[C@H](O)C(C)(C)CO. The molecule has 0 heterocycles. The van der Waals surface area contributed by atoms with E-state index < -0.39 is 17.4 Å². The highest BCUT2D eigenvalue weighted by molar-refractivity contribution is 7.95. The summed E-state index contributed by atoms with van der Waals surface area (Å²) < 4.78 is 5.07. The number of rotatable bonds is 22. The molecule has 0 aliphatic carbocycles. The highest BCUT2D eigenvalue weighted by Gasteiger charge is 2.32. The Hall–Kier alpha value is -2.84. The lowest BCUT2D eigenvalue weighted by Gasteiger charge is -2.27. The van der Waals surface area contributed by atoms with Gasteiger partial charge in [-0.3, -0.25) is 14.4 Å². The Morgan fingerprint density at radius 3 is 2.00 bits per heavy atom. The maximum Gasteiger partial charge on any atom is 0.318 e. The van der Waals surface area contributed by atoms with Crippen LogP contribution in [0.4, 0.5) is 0 Å². The third-order valence-electron chi connectivity index (χ3n) is 5.41. The van der Waals surface area contributed by atoms with Crippen molar-refractivity contribution < 1.29 is 28.8 Å². The molecule has 0 saturated heterocycles. The van der Waals surface area contributed by atoms with Crippen LogP contribution < -0.4 is 10.6 Å². The number of hydrogen-bond acceptors (Lipinski definition) is 7. The minimum Gasteiger partial charge on any atom is -0.396 e. The molecule has 238 valence electrons. The van der Waals surface area contributed by atoms with Gasteiger partial charge < -0.3 is 25.0 Å². The number of carbonyl (C=O) groups is 3. The molecule has 0 rings (SSSR count). The molecule has 0 aromatic rings. The maximum atomic E-state index is 11.9. The number of nitrogens with one attached hydrogen (secondary N) is 2. The Labute approximate surface area is 258 Å². The second kappa shape index (κ2) is 29.6. The third kappa shape index (κ3) is 26.1. The van der Waals surface area contributed by atoms with Crippen molar-refractivity contribution in [3.8, 4) is 0 Å². The van der Waals surface area contributed by atoms with E-state index >= 15 is 0 Å². The van der Waals surface area contributed by atoms with Crippen LogP contribution in [0.1, 0.15) is 86.0 Å². The third-order valence-corrected chi connectivity index (χ3v) is 6.08. The van der Waals surface area contributed by atoms with Gasteiger partial charge in [0, 0.05) is 30.7 Å². The minimum atomic E-state index is -1.37. The molecule has 0 bridgehead atoms. The van der Waals surface area contributed by atoms with E-state index in [4.69, 9.17) is 4.18 Å². The fraction of sp³-hybridized carbons (Fsp3) is 0.576. The second-order valence-electron chi connectivity index (χ2n) is 9.57. The van der Waals surface area contributed by atoms with Gasteiger partial charge in [-0.05, 0) is 50.7 Å². The summed E-state index contributed by atoms with van der Waals surface area (Å²) in [6, 6.07) is 0. The van der Waals surface area contributed by atoms with Gasteiger partial charge in [-0.1, -0.05) is 83.2 Å². The van der Waals surface area contributed by atoms with Crippen molar-refractivity contribution in [1.82, 2.24) is 10.6 Å². The van der Waals surface area contributed by atoms with E-state index in [-0.39, 0.29) is 37.9 Å². The van der Waals surface area contributed by atoms with Gasteiger partial charge in [0.05, 0.1) is 25.1 Å². The van der Waals surface area contributed by atoms with Crippen molar-refractivity contribution in [2.24, 2.45) is 5.41 Å². The van der Waals surface area contributed by atoms with Crippen molar-refractivity contribution >= 4 is 29.8 Å². The quantitative estimate of drug-likeness (QED) is 0.0524. The predicted octanol–water partition coefficient (Wildman–Crippen LogP) is 5.89. The van der Waals surface area contributed by atoms with E-state index in [1.54, 1.807) is 13.8 Å². The van der Waals surface area contributed by atoms with Crippen LogP contribution in [-0.2, 0) is 18.6 Å². The largest absolute Gasteiger partial charge is 0.396 e. The average molecular weight is 607 g/mol. The summed E-state index contributed by atoms with van der Waals surface area (Å²) in [6.07, 6.45) is 25.1. The van der Waals surface area contributed by atoms with E-state index in [1.807, 2.05) is 26.0 Å². The van der Waals surface area contributed by atoms with Crippen LogP contribution in [0, 0.1) is 5.41 Å². The van der Waals surface area contributed by atoms with E-state index in [0.29, 0.717) is 18.7 Å². The lowest BCUT2D eigenvalue weighted by atomic mass is 9.87. The normalized spacial score (nSPS) is 12.2. The van der Waals surface area contributed by atoms with Crippen LogP contribution in [0.3, 0.4) is 0 Å². The Morgan fingerprint density at radius 2 is 1.43 bits per heavy atom. The van der Waals surface area contributed by atoms with Gasteiger partial charge in [-0.2, -0.15) is 0 Å². The molecule has 0 aromatic carbocycles. The zero-order valence-corrected chi connectivity index (χ0v) is 27.1. The number of carbonyl (C=O) groups excluding carboxylic acids is 3. The van der Waals surface area contributed by atoms with Crippen LogP contribution in [0.25, 0.3) is 0 Å². The van der Waals surface area contributed by atoms with Gasteiger partial charge >= 0.3 is 5.97 Å². The summed E-state index contributed by atoms with van der Waals surface area (Å²) in [6.45, 7) is 9.30. The van der Waals surface area contributed by atoms with Crippen molar-refractivity contribution in [1.29, 1.82) is 0 Å². The topological polar surface area (TPSA) is 125 Å². The van der Waals surface area contributed by atoms with Crippen LogP contribution in [-0.4, -0.2) is 59.5 Å². The number of allylic oxidation sites excluding steroid dienone is 9. The van der Waals surface area contributed by atoms with Gasteiger partial charge in [-0.25, -0.2) is 0 Å². The summed E-state index contributed by atoms with van der Waals surface area (Å²) in [5, 5.41) is 24.2. The molecule has 4 N–H and O–H groups in total. The standard InChI is InChI=1S/C31H48N2O6S.C2H6/c1-4-5-6-7-8-9-10-11-12-13-14-15-16-17-18-19-20-21-28(36)39-40-25-24-32-27(35)22-23-33-30(38)29(37)31(2,3)26-34;1-2/h5-6,8-9,11-12,14-15,17,19,29,34,37H,4,7,10,13,16,20-26H2,1-3H3,(H,32,35)(H,33,38);1-2H3/b6-5-,9-8-,12-11-,15-14-;/t18?,29-;/m0./s1. The highest BCUT2D eigenvalue weighted by atomic mass is 32.2. The highest BCUT2D eigenvalue weighted by Crippen LogP contribution is 2.19. The maximum absolute atomic E-state index is 11.9. The van der Waals surface area contributed by atoms with Crippen LogP contribution in [0.2, 0.25) is 0 Å². The molecule has 0 aliphatic rings. The summed E-state index contributed by atoms with van der Waals surface area (Å²) in [5.41, 5.74) is 2.10. The summed E-state index contributed by atoms with van der Waals surface area (Å²) in [7, 11) is 0. The van der Waals surface area contributed by atoms with Crippen molar-refractivity contribution in [3.05, 3.63) is 66.5 Å². The molecular weight excluding hydrogens is 552 g/mol. The lowest BCUT2D eigenvalue weighted by molar-refractivity contribution is -0.137. The molecule has 2 amide bonds. The monoisotopic (exact) mass is 606 g/mol. The fourth-order valence-corrected chi connectivity index (χ4v) is 3.36. The first-order chi connectivity index (χ1) is 20.2. The van der Waals surface area contributed by atoms with Crippen molar-refractivity contribution in [3.63, 3.8) is 0 Å². The zero-order valence-electron chi connectivity index (χ0n) is 26.3. The Kier molecular flexibility index (Phi) is 29.1. The Morgan fingerprint density at radius 1 is 0.857 bits per heavy atom. The van der Waals surface area contributed by atoms with Crippen molar-refractivity contribution in [2.75, 3.05) is 25.4 Å². The summed E-state index contributed by atoms with van der Waals surface area (Å²) >= 11 is 0.977. The number of aliphatic hydroxyl groups is 2. The van der Waals surface area contributed by atoms with Gasteiger partial charge in [-0.15, -0.1) is 5.73 Å². The number of hydrogen-bond donors (Lipinski definition) is 4. The van der Waals surface area contributed by atoms with Crippen LogP contribution in [0.15, 0.2) is 66.5 Å². The zero-order chi connectivity index (χ0) is 31.9. The number of aliphatic hydroxyl groups excluding tert-OH is 2. The molecule has 0 aliphatic heterocycles. The van der Waals surface area contributed by atoms with E-state index in [2.05, 4.69) is 71.9 Å². The Balaban J connectivity index is 0. The molecule has 0 spiro atoms. The van der Waals surface area contributed by atoms with Gasteiger partial charge in [0.1, 0.15) is 6.10 Å². The predicted molar refractivity (Wildman–Crippen MR) is 175 cm³/mol.